The van der Waals surface area contributed by atoms with Crippen LogP contribution in [0.2, 0.25) is 0 Å². The molecule has 0 radical (unpaired) electrons. The summed E-state index contributed by atoms with van der Waals surface area (Å²) in [6, 6.07) is 0.297. The molecule has 1 N–H and O–H groups in total. The van der Waals surface area contributed by atoms with Gasteiger partial charge in [0.05, 0.1) is 5.25 Å². The highest BCUT2D eigenvalue weighted by Gasteiger charge is 2.39. The molecule has 1 aliphatic carbocycles. The van der Waals surface area contributed by atoms with Crippen molar-refractivity contribution < 1.29 is 8.42 Å². The molecule has 1 unspecified atom stereocenters. The van der Waals surface area contributed by atoms with Gasteiger partial charge in [0.15, 0.2) is 0 Å². The van der Waals surface area contributed by atoms with Crippen LogP contribution in [-0.4, -0.2) is 44.2 Å². The van der Waals surface area contributed by atoms with Crippen molar-refractivity contribution in [1.29, 1.82) is 0 Å². The maximum absolute atomic E-state index is 11.9. The predicted molar refractivity (Wildman–Crippen MR) is 51.0 cm³/mol. The van der Waals surface area contributed by atoms with Crippen LogP contribution in [0.3, 0.4) is 0 Å². The molecule has 4 nitrogen and oxygen atoms in total. The molecule has 1 saturated heterocycles. The van der Waals surface area contributed by atoms with Crippen molar-refractivity contribution in [2.24, 2.45) is 0 Å². The van der Waals surface area contributed by atoms with Gasteiger partial charge in [0.1, 0.15) is 0 Å². The van der Waals surface area contributed by atoms with E-state index in [9.17, 15) is 8.42 Å². The Morgan fingerprint density at radius 1 is 1.31 bits per heavy atom. The van der Waals surface area contributed by atoms with Crippen molar-refractivity contribution in [1.82, 2.24) is 9.62 Å². The van der Waals surface area contributed by atoms with Crippen molar-refractivity contribution in [3.05, 3.63) is 0 Å². The lowest BCUT2D eigenvalue weighted by Gasteiger charge is -2.20. The van der Waals surface area contributed by atoms with E-state index >= 15 is 0 Å². The number of nitrogens with zero attached hydrogens (tertiary/aromatic N) is 1. The molecule has 1 saturated carbocycles. The first-order valence-corrected chi connectivity index (χ1v) is 6.30. The Morgan fingerprint density at radius 3 is 2.46 bits per heavy atom. The number of sulfonamides is 1. The van der Waals surface area contributed by atoms with Crippen molar-refractivity contribution in [3.63, 3.8) is 0 Å². The Morgan fingerprint density at radius 2 is 2.00 bits per heavy atom. The molecule has 0 aromatic rings. The van der Waals surface area contributed by atoms with Gasteiger partial charge in [-0.2, -0.15) is 0 Å². The summed E-state index contributed by atoms with van der Waals surface area (Å²) in [4.78, 5) is 0. The summed E-state index contributed by atoms with van der Waals surface area (Å²) in [7, 11) is -1.29. The molecule has 0 amide bonds. The smallest absolute Gasteiger partial charge is 0.218 e. The van der Waals surface area contributed by atoms with E-state index < -0.39 is 10.0 Å². The van der Waals surface area contributed by atoms with Gasteiger partial charge in [0, 0.05) is 19.6 Å². The summed E-state index contributed by atoms with van der Waals surface area (Å²) in [5.74, 6) is 0. The minimum atomic E-state index is -3.00. The van der Waals surface area contributed by atoms with Crippen LogP contribution in [-0.2, 0) is 10.0 Å². The molecule has 13 heavy (non-hydrogen) atoms. The normalized spacial score (nSPS) is 29.8. The molecule has 0 aromatic carbocycles. The zero-order valence-electron chi connectivity index (χ0n) is 7.86. The molecule has 2 fully saturated rings. The highest BCUT2D eigenvalue weighted by atomic mass is 32.2. The van der Waals surface area contributed by atoms with E-state index in [1.54, 1.807) is 11.4 Å². The van der Waals surface area contributed by atoms with E-state index in [1.165, 1.54) is 0 Å². The quantitative estimate of drug-likeness (QED) is 0.691. The van der Waals surface area contributed by atoms with Crippen LogP contribution in [0.5, 0.6) is 0 Å². The third kappa shape index (κ3) is 1.73. The summed E-state index contributed by atoms with van der Waals surface area (Å²) < 4.78 is 25.4. The Bertz CT molecular complexity index is 271. The Balaban J connectivity index is 2.08. The fraction of sp³-hybridized carbons (Fsp3) is 1.00. The number of rotatable bonds is 3. The Kier molecular flexibility index (Phi) is 2.33. The zero-order valence-corrected chi connectivity index (χ0v) is 8.68. The molecule has 76 valence electrons. The fourth-order valence-electron chi connectivity index (χ4n) is 1.76. The second kappa shape index (κ2) is 3.22. The first kappa shape index (κ1) is 9.43. The van der Waals surface area contributed by atoms with E-state index in [2.05, 4.69) is 5.32 Å². The van der Waals surface area contributed by atoms with Gasteiger partial charge in [-0.25, -0.2) is 12.7 Å². The van der Waals surface area contributed by atoms with Crippen LogP contribution in [0.15, 0.2) is 0 Å². The van der Waals surface area contributed by atoms with Gasteiger partial charge in [0.25, 0.3) is 0 Å². The van der Waals surface area contributed by atoms with Gasteiger partial charge in [-0.05, 0) is 25.8 Å². The van der Waals surface area contributed by atoms with Crippen LogP contribution < -0.4 is 5.32 Å². The molecular weight excluding hydrogens is 188 g/mol. The second-order valence-corrected chi connectivity index (χ2v) is 6.18. The SMILES string of the molecule is CN(C1CC1)S(=O)(=O)C1CCNC1. The van der Waals surface area contributed by atoms with Crippen LogP contribution >= 0.6 is 0 Å². The highest BCUT2D eigenvalue weighted by Crippen LogP contribution is 2.29. The minimum Gasteiger partial charge on any atom is -0.315 e. The van der Waals surface area contributed by atoms with Crippen molar-refractivity contribution in [2.75, 3.05) is 20.1 Å². The minimum absolute atomic E-state index is 0.182. The fourth-order valence-corrected chi connectivity index (χ4v) is 3.60. The second-order valence-electron chi connectivity index (χ2n) is 3.91. The lowest BCUT2D eigenvalue weighted by Crippen LogP contribution is -2.38. The largest absolute Gasteiger partial charge is 0.315 e. The van der Waals surface area contributed by atoms with Crippen molar-refractivity contribution in [2.45, 2.75) is 30.6 Å². The van der Waals surface area contributed by atoms with E-state index in [1.807, 2.05) is 0 Å². The lowest BCUT2D eigenvalue weighted by molar-refractivity contribution is 0.454. The third-order valence-electron chi connectivity index (χ3n) is 2.90. The molecule has 1 heterocycles. The molecule has 0 aromatic heterocycles. The summed E-state index contributed by atoms with van der Waals surface area (Å²) in [5.41, 5.74) is 0. The average molecular weight is 204 g/mol. The lowest BCUT2D eigenvalue weighted by atomic mass is 10.4. The first-order chi connectivity index (χ1) is 6.12. The number of hydrogen-bond donors (Lipinski definition) is 1. The number of nitrogens with one attached hydrogen (secondary N) is 1. The Labute approximate surface area is 79.4 Å². The molecule has 2 rings (SSSR count). The predicted octanol–water partition coefficient (Wildman–Crippen LogP) is -0.228. The monoisotopic (exact) mass is 204 g/mol. The third-order valence-corrected chi connectivity index (χ3v) is 5.24. The topological polar surface area (TPSA) is 49.4 Å². The maximum atomic E-state index is 11.9. The van der Waals surface area contributed by atoms with Crippen LogP contribution in [0, 0.1) is 0 Å². The molecule has 0 spiro atoms. The van der Waals surface area contributed by atoms with E-state index in [0.29, 0.717) is 12.6 Å². The first-order valence-electron chi connectivity index (χ1n) is 4.80. The van der Waals surface area contributed by atoms with E-state index in [4.69, 9.17) is 0 Å². The van der Waals surface area contributed by atoms with Gasteiger partial charge >= 0.3 is 0 Å². The van der Waals surface area contributed by atoms with Gasteiger partial charge in [0.2, 0.25) is 10.0 Å². The molecule has 2 aliphatic rings. The standard InChI is InChI=1S/C8H16N2O2S/c1-10(7-2-3-7)13(11,12)8-4-5-9-6-8/h7-9H,2-6H2,1H3. The summed E-state index contributed by atoms with van der Waals surface area (Å²) in [6.45, 7) is 1.46. The Hall–Kier alpha value is -0.130. The average Bonchev–Trinajstić information content (AvgIpc) is 2.78. The maximum Gasteiger partial charge on any atom is 0.218 e. The van der Waals surface area contributed by atoms with Crippen LogP contribution in [0.1, 0.15) is 19.3 Å². The number of hydrogen-bond acceptors (Lipinski definition) is 3. The summed E-state index contributed by atoms with van der Waals surface area (Å²) in [5, 5.41) is 2.90. The molecule has 1 aliphatic heterocycles. The van der Waals surface area contributed by atoms with E-state index in [-0.39, 0.29) is 5.25 Å². The molecule has 1 atom stereocenters. The summed E-state index contributed by atoms with van der Waals surface area (Å²) >= 11 is 0. The molecular formula is C8H16N2O2S. The van der Waals surface area contributed by atoms with Gasteiger partial charge in [-0.3, -0.25) is 0 Å². The van der Waals surface area contributed by atoms with Gasteiger partial charge < -0.3 is 5.32 Å². The van der Waals surface area contributed by atoms with Gasteiger partial charge in [-0.1, -0.05) is 0 Å². The molecule has 5 heteroatoms. The highest BCUT2D eigenvalue weighted by molar-refractivity contribution is 7.89. The van der Waals surface area contributed by atoms with Gasteiger partial charge in [-0.15, -0.1) is 0 Å². The zero-order chi connectivity index (χ0) is 9.47. The van der Waals surface area contributed by atoms with Crippen LogP contribution in [0.4, 0.5) is 0 Å². The molecule has 0 bridgehead atoms. The van der Waals surface area contributed by atoms with Crippen molar-refractivity contribution in [3.8, 4) is 0 Å². The van der Waals surface area contributed by atoms with Crippen LogP contribution in [0.25, 0.3) is 0 Å². The van der Waals surface area contributed by atoms with Crippen molar-refractivity contribution >= 4 is 10.0 Å². The summed E-state index contributed by atoms with van der Waals surface area (Å²) in [6.07, 6.45) is 2.84. The van der Waals surface area contributed by atoms with E-state index in [0.717, 1.165) is 25.8 Å².